The maximum atomic E-state index is 11.1. The van der Waals surface area contributed by atoms with E-state index < -0.39 is 22.8 Å². The molecule has 1 unspecified atom stereocenters. The van der Waals surface area contributed by atoms with Crippen molar-refractivity contribution in [3.63, 3.8) is 0 Å². The number of carbonyl (C=O) groups is 1. The maximum absolute atomic E-state index is 11.1. The highest BCUT2D eigenvalue weighted by molar-refractivity contribution is 7.85. The maximum Gasteiger partial charge on any atom is 0.320 e. The second kappa shape index (κ2) is 6.19. The molecule has 0 spiro atoms. The van der Waals surface area contributed by atoms with Crippen LogP contribution in [0.15, 0.2) is 0 Å². The van der Waals surface area contributed by atoms with Crippen molar-refractivity contribution in [2.24, 2.45) is 0 Å². The highest BCUT2D eigenvalue weighted by Crippen LogP contribution is 2.02. The number of carboxylic acids is 1. The zero-order valence-corrected chi connectivity index (χ0v) is 9.76. The highest BCUT2D eigenvalue weighted by atomic mass is 32.2. The van der Waals surface area contributed by atoms with E-state index in [4.69, 9.17) is 5.11 Å². The molecule has 1 heterocycles. The van der Waals surface area contributed by atoms with Crippen molar-refractivity contribution in [2.45, 2.75) is 12.5 Å². The first kappa shape index (κ1) is 12.6. The molecule has 1 aliphatic heterocycles. The second-order valence-electron chi connectivity index (χ2n) is 3.66. The van der Waals surface area contributed by atoms with Gasteiger partial charge in [0, 0.05) is 41.9 Å². The fourth-order valence-electron chi connectivity index (χ4n) is 1.60. The van der Waals surface area contributed by atoms with Gasteiger partial charge in [0.15, 0.2) is 0 Å². The number of rotatable bonds is 5. The molecular formula is C9H18N2O3S. The van der Waals surface area contributed by atoms with Crippen LogP contribution in [-0.2, 0) is 15.6 Å². The number of hydrogen-bond donors (Lipinski definition) is 2. The molecule has 1 atom stereocenters. The van der Waals surface area contributed by atoms with Crippen LogP contribution in [0.5, 0.6) is 0 Å². The molecular weight excluding hydrogens is 216 g/mol. The summed E-state index contributed by atoms with van der Waals surface area (Å²) in [6.45, 7) is 2.40. The third kappa shape index (κ3) is 4.27. The van der Waals surface area contributed by atoms with Crippen LogP contribution in [-0.4, -0.2) is 64.4 Å². The van der Waals surface area contributed by atoms with Crippen molar-refractivity contribution in [2.75, 3.05) is 38.2 Å². The molecule has 88 valence electrons. The zero-order valence-electron chi connectivity index (χ0n) is 8.94. The van der Waals surface area contributed by atoms with Gasteiger partial charge >= 0.3 is 5.97 Å². The van der Waals surface area contributed by atoms with Crippen molar-refractivity contribution in [1.29, 1.82) is 0 Å². The molecule has 0 bridgehead atoms. The van der Waals surface area contributed by atoms with Crippen LogP contribution in [0, 0.1) is 0 Å². The van der Waals surface area contributed by atoms with E-state index in [-0.39, 0.29) is 0 Å². The number of carboxylic acid groups (broad SMARTS) is 1. The van der Waals surface area contributed by atoms with Gasteiger partial charge in [0.1, 0.15) is 6.04 Å². The molecule has 0 amide bonds. The lowest BCUT2D eigenvalue weighted by molar-refractivity contribution is -0.139. The average Bonchev–Trinajstić information content (AvgIpc) is 2.21. The first-order valence-corrected chi connectivity index (χ1v) is 6.59. The molecule has 0 aromatic carbocycles. The van der Waals surface area contributed by atoms with E-state index in [1.54, 1.807) is 7.05 Å². The fraction of sp³-hybridized carbons (Fsp3) is 0.889. The SMILES string of the molecule is CNC(CCN1CCS(=O)CC1)C(=O)O. The van der Waals surface area contributed by atoms with E-state index in [1.807, 2.05) is 0 Å². The van der Waals surface area contributed by atoms with E-state index in [9.17, 15) is 9.00 Å². The van der Waals surface area contributed by atoms with Crippen LogP contribution in [0.1, 0.15) is 6.42 Å². The number of nitrogens with one attached hydrogen (secondary N) is 1. The van der Waals surface area contributed by atoms with Crippen molar-refractivity contribution >= 4 is 16.8 Å². The van der Waals surface area contributed by atoms with E-state index in [1.165, 1.54) is 0 Å². The third-order valence-corrected chi connectivity index (χ3v) is 3.93. The van der Waals surface area contributed by atoms with Gasteiger partial charge in [-0.2, -0.15) is 0 Å². The number of aliphatic carboxylic acids is 1. The molecule has 1 aliphatic rings. The molecule has 1 saturated heterocycles. The lowest BCUT2D eigenvalue weighted by Gasteiger charge is -2.26. The number of likely N-dealkylation sites (N-methyl/N-ethyl adjacent to an activating group) is 1. The topological polar surface area (TPSA) is 69.6 Å². The van der Waals surface area contributed by atoms with Gasteiger partial charge in [-0.05, 0) is 13.5 Å². The Morgan fingerprint density at radius 3 is 2.60 bits per heavy atom. The summed E-state index contributed by atoms with van der Waals surface area (Å²) >= 11 is 0. The van der Waals surface area contributed by atoms with E-state index in [2.05, 4.69) is 10.2 Å². The van der Waals surface area contributed by atoms with Gasteiger partial charge in [-0.15, -0.1) is 0 Å². The van der Waals surface area contributed by atoms with Crippen LogP contribution >= 0.6 is 0 Å². The summed E-state index contributed by atoms with van der Waals surface area (Å²) < 4.78 is 11.1. The van der Waals surface area contributed by atoms with Crippen LogP contribution < -0.4 is 5.32 Å². The van der Waals surface area contributed by atoms with Gasteiger partial charge < -0.3 is 15.3 Å². The minimum atomic E-state index is -0.807. The zero-order chi connectivity index (χ0) is 11.3. The van der Waals surface area contributed by atoms with Crippen molar-refractivity contribution < 1.29 is 14.1 Å². The normalized spacial score (nSPS) is 21.4. The predicted octanol–water partition coefficient (Wildman–Crippen LogP) is -0.887. The predicted molar refractivity (Wildman–Crippen MR) is 59.4 cm³/mol. The third-order valence-electron chi connectivity index (χ3n) is 2.65. The van der Waals surface area contributed by atoms with Gasteiger partial charge in [0.2, 0.25) is 0 Å². The van der Waals surface area contributed by atoms with Crippen LogP contribution in [0.2, 0.25) is 0 Å². The molecule has 5 nitrogen and oxygen atoms in total. The first-order valence-electron chi connectivity index (χ1n) is 5.11. The summed E-state index contributed by atoms with van der Waals surface area (Å²) in [7, 11) is 0.997. The Hall–Kier alpha value is -0.460. The van der Waals surface area contributed by atoms with E-state index >= 15 is 0 Å². The molecule has 0 aliphatic carbocycles. The van der Waals surface area contributed by atoms with Crippen LogP contribution in [0.25, 0.3) is 0 Å². The van der Waals surface area contributed by atoms with Crippen molar-refractivity contribution in [3.05, 3.63) is 0 Å². The largest absolute Gasteiger partial charge is 0.480 e. The molecule has 15 heavy (non-hydrogen) atoms. The summed E-state index contributed by atoms with van der Waals surface area (Å²) in [5.74, 6) is 0.632. The Morgan fingerprint density at radius 1 is 1.53 bits per heavy atom. The molecule has 0 saturated carbocycles. The van der Waals surface area contributed by atoms with Crippen LogP contribution in [0.3, 0.4) is 0 Å². The van der Waals surface area contributed by atoms with Gasteiger partial charge in [-0.25, -0.2) is 0 Å². The quantitative estimate of drug-likeness (QED) is 0.646. The molecule has 1 rings (SSSR count). The van der Waals surface area contributed by atoms with Gasteiger partial charge in [0.05, 0.1) is 0 Å². The summed E-state index contributed by atoms with van der Waals surface area (Å²) in [6, 6.07) is -0.475. The Labute approximate surface area is 92.3 Å². The van der Waals surface area contributed by atoms with E-state index in [0.29, 0.717) is 6.42 Å². The van der Waals surface area contributed by atoms with Gasteiger partial charge in [0.25, 0.3) is 0 Å². The first-order chi connectivity index (χ1) is 7.13. The Balaban J connectivity index is 2.24. The number of nitrogens with zero attached hydrogens (tertiary/aromatic N) is 1. The molecule has 0 aromatic heterocycles. The van der Waals surface area contributed by atoms with Gasteiger partial charge in [-0.3, -0.25) is 9.00 Å². The van der Waals surface area contributed by atoms with Crippen molar-refractivity contribution in [1.82, 2.24) is 10.2 Å². The summed E-state index contributed by atoms with van der Waals surface area (Å²) in [6.07, 6.45) is 0.596. The second-order valence-corrected chi connectivity index (χ2v) is 5.35. The Bertz CT molecular complexity index is 238. The van der Waals surface area contributed by atoms with E-state index in [0.717, 1.165) is 31.1 Å². The minimum absolute atomic E-state index is 0.475. The number of hydrogen-bond acceptors (Lipinski definition) is 4. The summed E-state index contributed by atoms with van der Waals surface area (Å²) in [5.41, 5.74) is 0. The van der Waals surface area contributed by atoms with Crippen molar-refractivity contribution in [3.8, 4) is 0 Å². The summed E-state index contributed by atoms with van der Waals surface area (Å²) in [5, 5.41) is 11.6. The lowest BCUT2D eigenvalue weighted by Crippen LogP contribution is -2.42. The molecule has 2 N–H and O–H groups in total. The minimum Gasteiger partial charge on any atom is -0.480 e. The van der Waals surface area contributed by atoms with Crippen LogP contribution in [0.4, 0.5) is 0 Å². The molecule has 1 fully saturated rings. The molecule has 0 aromatic rings. The molecule has 6 heteroatoms. The standard InChI is InChI=1S/C9H18N2O3S/c1-10-8(9(12)13)2-3-11-4-6-15(14)7-5-11/h8,10H,2-7H2,1H3,(H,12,13). The average molecular weight is 234 g/mol. The van der Waals surface area contributed by atoms with Gasteiger partial charge in [-0.1, -0.05) is 0 Å². The monoisotopic (exact) mass is 234 g/mol. The smallest absolute Gasteiger partial charge is 0.320 e. The molecule has 0 radical (unpaired) electrons. The Kier molecular flexibility index (Phi) is 5.21. The fourth-order valence-corrected chi connectivity index (χ4v) is 2.73. The Morgan fingerprint density at radius 2 is 2.13 bits per heavy atom. The summed E-state index contributed by atoms with van der Waals surface area (Å²) in [4.78, 5) is 12.9. The lowest BCUT2D eigenvalue weighted by atomic mass is 10.2. The highest BCUT2D eigenvalue weighted by Gasteiger charge is 2.19.